The van der Waals surface area contributed by atoms with E-state index in [1.165, 1.54) is 0 Å². The lowest BCUT2D eigenvalue weighted by atomic mass is 10.3. The molecule has 0 atom stereocenters. The standard InChI is InChI=1S/C10H15ClN2O2/c1-2-13-10(14)5-6-12-7-8-3-4-9(11)15-8/h3-4,12H,2,5-7H2,1H3,(H,13,14). The van der Waals surface area contributed by atoms with Crippen molar-refractivity contribution in [2.75, 3.05) is 13.1 Å². The molecule has 5 heteroatoms. The number of halogens is 1. The second-order valence-electron chi connectivity index (χ2n) is 3.09. The first-order valence-electron chi connectivity index (χ1n) is 4.94. The molecule has 0 aliphatic heterocycles. The lowest BCUT2D eigenvalue weighted by molar-refractivity contribution is -0.120. The van der Waals surface area contributed by atoms with Crippen molar-refractivity contribution in [1.29, 1.82) is 0 Å². The molecule has 0 aliphatic rings. The van der Waals surface area contributed by atoms with Crippen LogP contribution in [0.5, 0.6) is 0 Å². The van der Waals surface area contributed by atoms with Gasteiger partial charge in [0.1, 0.15) is 5.76 Å². The second kappa shape index (κ2) is 6.48. The van der Waals surface area contributed by atoms with Crippen LogP contribution < -0.4 is 10.6 Å². The Morgan fingerprint density at radius 1 is 1.53 bits per heavy atom. The Hall–Kier alpha value is -1.00. The van der Waals surface area contributed by atoms with Crippen LogP contribution in [-0.2, 0) is 11.3 Å². The van der Waals surface area contributed by atoms with Crippen molar-refractivity contribution >= 4 is 17.5 Å². The van der Waals surface area contributed by atoms with E-state index in [0.717, 1.165) is 5.76 Å². The van der Waals surface area contributed by atoms with Gasteiger partial charge in [-0.2, -0.15) is 0 Å². The van der Waals surface area contributed by atoms with Gasteiger partial charge in [0.05, 0.1) is 6.54 Å². The van der Waals surface area contributed by atoms with Gasteiger partial charge in [0.2, 0.25) is 5.91 Å². The van der Waals surface area contributed by atoms with E-state index in [-0.39, 0.29) is 5.91 Å². The van der Waals surface area contributed by atoms with E-state index in [0.29, 0.717) is 31.3 Å². The molecule has 0 aliphatic carbocycles. The largest absolute Gasteiger partial charge is 0.448 e. The summed E-state index contributed by atoms with van der Waals surface area (Å²) in [6.45, 7) is 3.79. The van der Waals surface area contributed by atoms with Crippen molar-refractivity contribution in [1.82, 2.24) is 10.6 Å². The van der Waals surface area contributed by atoms with Crippen LogP contribution in [-0.4, -0.2) is 19.0 Å². The minimum absolute atomic E-state index is 0.0578. The maximum atomic E-state index is 11.1. The van der Waals surface area contributed by atoms with Gasteiger partial charge in [0, 0.05) is 19.5 Å². The first-order valence-corrected chi connectivity index (χ1v) is 5.31. The van der Waals surface area contributed by atoms with Crippen molar-refractivity contribution in [2.45, 2.75) is 19.9 Å². The Morgan fingerprint density at radius 2 is 2.33 bits per heavy atom. The second-order valence-corrected chi connectivity index (χ2v) is 3.46. The molecule has 0 bridgehead atoms. The topological polar surface area (TPSA) is 54.3 Å². The monoisotopic (exact) mass is 230 g/mol. The Labute approximate surface area is 94.0 Å². The van der Waals surface area contributed by atoms with Crippen LogP contribution in [0.1, 0.15) is 19.1 Å². The summed E-state index contributed by atoms with van der Waals surface area (Å²) in [5.41, 5.74) is 0. The molecule has 84 valence electrons. The van der Waals surface area contributed by atoms with Gasteiger partial charge in [-0.15, -0.1) is 0 Å². The third-order valence-corrected chi connectivity index (χ3v) is 2.03. The Morgan fingerprint density at radius 3 is 2.93 bits per heavy atom. The van der Waals surface area contributed by atoms with E-state index in [1.807, 2.05) is 6.92 Å². The number of nitrogens with one attached hydrogen (secondary N) is 2. The molecule has 1 amide bonds. The first kappa shape index (κ1) is 12.1. The molecule has 1 aromatic rings. The summed E-state index contributed by atoms with van der Waals surface area (Å²) < 4.78 is 5.14. The SMILES string of the molecule is CCNC(=O)CCNCc1ccc(Cl)o1. The highest BCUT2D eigenvalue weighted by molar-refractivity contribution is 6.28. The van der Waals surface area contributed by atoms with Crippen molar-refractivity contribution in [3.05, 3.63) is 23.1 Å². The van der Waals surface area contributed by atoms with Crippen molar-refractivity contribution in [2.24, 2.45) is 0 Å². The van der Waals surface area contributed by atoms with Crippen LogP contribution >= 0.6 is 11.6 Å². The fourth-order valence-corrected chi connectivity index (χ4v) is 1.31. The van der Waals surface area contributed by atoms with Crippen LogP contribution in [0.25, 0.3) is 0 Å². The molecule has 0 radical (unpaired) electrons. The van der Waals surface area contributed by atoms with Crippen LogP contribution in [0.3, 0.4) is 0 Å². The quantitative estimate of drug-likeness (QED) is 0.729. The predicted octanol–water partition coefficient (Wildman–Crippen LogP) is 1.55. The average molecular weight is 231 g/mol. The highest BCUT2D eigenvalue weighted by atomic mass is 35.5. The number of furan rings is 1. The van der Waals surface area contributed by atoms with Gasteiger partial charge < -0.3 is 15.1 Å². The van der Waals surface area contributed by atoms with E-state index in [4.69, 9.17) is 16.0 Å². The van der Waals surface area contributed by atoms with Crippen molar-refractivity contribution in [3.8, 4) is 0 Å². The minimum Gasteiger partial charge on any atom is -0.448 e. The number of amides is 1. The van der Waals surface area contributed by atoms with E-state index < -0.39 is 0 Å². The van der Waals surface area contributed by atoms with E-state index in [1.54, 1.807) is 12.1 Å². The predicted molar refractivity (Wildman–Crippen MR) is 58.7 cm³/mol. The average Bonchev–Trinajstić information content (AvgIpc) is 2.60. The molecule has 0 saturated carbocycles. The number of rotatable bonds is 6. The van der Waals surface area contributed by atoms with Gasteiger partial charge in [-0.25, -0.2) is 0 Å². The summed E-state index contributed by atoms with van der Waals surface area (Å²) in [6, 6.07) is 3.50. The molecular weight excluding hydrogens is 216 g/mol. The number of hydrogen-bond acceptors (Lipinski definition) is 3. The maximum Gasteiger partial charge on any atom is 0.221 e. The van der Waals surface area contributed by atoms with Crippen molar-refractivity contribution < 1.29 is 9.21 Å². The summed E-state index contributed by atoms with van der Waals surface area (Å²) >= 11 is 5.61. The summed E-state index contributed by atoms with van der Waals surface area (Å²) in [6.07, 6.45) is 0.474. The van der Waals surface area contributed by atoms with Crippen LogP contribution in [0, 0.1) is 0 Å². The number of hydrogen-bond donors (Lipinski definition) is 2. The molecule has 1 heterocycles. The molecular formula is C10H15ClN2O2. The van der Waals surface area contributed by atoms with Gasteiger partial charge in [-0.3, -0.25) is 4.79 Å². The zero-order valence-corrected chi connectivity index (χ0v) is 9.43. The Kier molecular flexibility index (Phi) is 5.21. The smallest absolute Gasteiger partial charge is 0.221 e. The van der Waals surface area contributed by atoms with E-state index in [9.17, 15) is 4.79 Å². The molecule has 0 spiro atoms. The van der Waals surface area contributed by atoms with Crippen molar-refractivity contribution in [3.63, 3.8) is 0 Å². The number of carbonyl (C=O) groups excluding carboxylic acids is 1. The van der Waals surface area contributed by atoms with Gasteiger partial charge >= 0.3 is 0 Å². The first-order chi connectivity index (χ1) is 7.22. The molecule has 0 unspecified atom stereocenters. The third-order valence-electron chi connectivity index (χ3n) is 1.83. The molecule has 4 nitrogen and oxygen atoms in total. The fourth-order valence-electron chi connectivity index (χ4n) is 1.15. The van der Waals surface area contributed by atoms with Crippen LogP contribution in [0.2, 0.25) is 5.22 Å². The minimum atomic E-state index is 0.0578. The third kappa shape index (κ3) is 4.85. The lowest BCUT2D eigenvalue weighted by Crippen LogP contribution is -2.27. The summed E-state index contributed by atoms with van der Waals surface area (Å²) in [7, 11) is 0. The molecule has 1 aromatic heterocycles. The van der Waals surface area contributed by atoms with Crippen LogP contribution in [0.4, 0.5) is 0 Å². The van der Waals surface area contributed by atoms with Gasteiger partial charge in [0.15, 0.2) is 5.22 Å². The summed E-state index contributed by atoms with van der Waals surface area (Å²) in [5.74, 6) is 0.832. The summed E-state index contributed by atoms with van der Waals surface area (Å²) in [4.78, 5) is 11.1. The normalized spacial score (nSPS) is 10.3. The van der Waals surface area contributed by atoms with E-state index >= 15 is 0 Å². The highest BCUT2D eigenvalue weighted by Crippen LogP contribution is 2.12. The van der Waals surface area contributed by atoms with Crippen LogP contribution in [0.15, 0.2) is 16.5 Å². The van der Waals surface area contributed by atoms with Gasteiger partial charge in [-0.05, 0) is 30.7 Å². The highest BCUT2D eigenvalue weighted by Gasteiger charge is 2.00. The molecule has 0 saturated heterocycles. The Bertz CT molecular complexity index is 312. The molecule has 1 rings (SSSR count). The van der Waals surface area contributed by atoms with E-state index in [2.05, 4.69) is 10.6 Å². The molecule has 0 aromatic carbocycles. The Balaban J connectivity index is 2.09. The molecule has 0 fully saturated rings. The zero-order chi connectivity index (χ0) is 11.1. The summed E-state index contributed by atoms with van der Waals surface area (Å²) in [5, 5.41) is 6.20. The molecule has 15 heavy (non-hydrogen) atoms. The van der Waals surface area contributed by atoms with Gasteiger partial charge in [-0.1, -0.05) is 0 Å². The zero-order valence-electron chi connectivity index (χ0n) is 8.68. The molecule has 2 N–H and O–H groups in total. The fraction of sp³-hybridized carbons (Fsp3) is 0.500. The van der Waals surface area contributed by atoms with Gasteiger partial charge in [0.25, 0.3) is 0 Å². The number of carbonyl (C=O) groups is 1. The lowest BCUT2D eigenvalue weighted by Gasteiger charge is -2.02. The maximum absolute atomic E-state index is 11.1.